The van der Waals surface area contributed by atoms with Crippen molar-refractivity contribution in [3.8, 4) is 0 Å². The summed E-state index contributed by atoms with van der Waals surface area (Å²) in [6.07, 6.45) is 1.00. The van der Waals surface area contributed by atoms with Gasteiger partial charge in [0.05, 0.1) is 29.8 Å². The van der Waals surface area contributed by atoms with Crippen LogP contribution in [0.2, 0.25) is 0 Å². The fourth-order valence-corrected chi connectivity index (χ4v) is 4.71. The van der Waals surface area contributed by atoms with E-state index in [1.165, 1.54) is 11.3 Å². The van der Waals surface area contributed by atoms with E-state index in [1.807, 2.05) is 7.05 Å². The Labute approximate surface area is 136 Å². The van der Waals surface area contributed by atoms with Gasteiger partial charge in [0.25, 0.3) is 0 Å². The monoisotopic (exact) mass is 348 g/mol. The molecule has 1 aliphatic rings. The number of ether oxygens (including phenoxy) is 1. The van der Waals surface area contributed by atoms with Crippen LogP contribution >= 0.6 is 11.3 Å². The molecule has 8 heteroatoms. The van der Waals surface area contributed by atoms with E-state index in [9.17, 15) is 13.5 Å². The molecular formula is C14H24N2O4S2. The largest absolute Gasteiger partial charge is 0.389 e. The Kier molecular flexibility index (Phi) is 6.36. The highest BCUT2D eigenvalue weighted by molar-refractivity contribution is 7.89. The normalized spacial score (nSPS) is 25.9. The highest BCUT2D eigenvalue weighted by atomic mass is 32.2. The summed E-state index contributed by atoms with van der Waals surface area (Å²) in [7, 11) is -1.61. The molecule has 2 rings (SSSR count). The quantitative estimate of drug-likeness (QED) is 0.729. The van der Waals surface area contributed by atoms with Gasteiger partial charge in [-0.25, -0.2) is 13.1 Å². The van der Waals surface area contributed by atoms with Crippen molar-refractivity contribution in [2.24, 2.45) is 0 Å². The highest BCUT2D eigenvalue weighted by Gasteiger charge is 2.38. The predicted molar refractivity (Wildman–Crippen MR) is 86.6 cm³/mol. The summed E-state index contributed by atoms with van der Waals surface area (Å²) in [5, 5.41) is 13.6. The van der Waals surface area contributed by atoms with Gasteiger partial charge in [0.1, 0.15) is 0 Å². The first-order chi connectivity index (χ1) is 10.4. The van der Waals surface area contributed by atoms with E-state index in [0.29, 0.717) is 6.54 Å². The van der Waals surface area contributed by atoms with Crippen LogP contribution < -0.4 is 4.72 Å². The zero-order valence-electron chi connectivity index (χ0n) is 12.9. The Morgan fingerprint density at radius 1 is 1.55 bits per heavy atom. The molecule has 2 heterocycles. The van der Waals surface area contributed by atoms with Gasteiger partial charge in [-0.3, -0.25) is 0 Å². The van der Waals surface area contributed by atoms with Crippen molar-refractivity contribution >= 4 is 21.4 Å². The first-order valence-corrected chi connectivity index (χ1v) is 9.89. The smallest absolute Gasteiger partial charge is 0.241 e. The maximum absolute atomic E-state index is 12.2. The van der Waals surface area contributed by atoms with Gasteiger partial charge >= 0.3 is 0 Å². The Balaban J connectivity index is 1.90. The average Bonchev–Trinajstić information content (AvgIpc) is 3.11. The van der Waals surface area contributed by atoms with E-state index in [0.717, 1.165) is 19.4 Å². The molecule has 3 atom stereocenters. The number of thiophene rings is 1. The van der Waals surface area contributed by atoms with Crippen LogP contribution in [0, 0.1) is 0 Å². The minimum atomic E-state index is -3.59. The number of sulfonamides is 1. The van der Waals surface area contributed by atoms with Gasteiger partial charge in [0.15, 0.2) is 0 Å². The van der Waals surface area contributed by atoms with Crippen LogP contribution in [0.5, 0.6) is 0 Å². The molecule has 0 saturated carbocycles. The summed E-state index contributed by atoms with van der Waals surface area (Å²) in [6, 6.07) is 0.944. The first-order valence-electron chi connectivity index (χ1n) is 7.46. The molecule has 1 fully saturated rings. The van der Waals surface area contributed by atoms with Crippen LogP contribution in [-0.2, 0) is 14.8 Å². The molecule has 126 valence electrons. The minimum absolute atomic E-state index is 0.191. The molecule has 0 amide bonds. The second kappa shape index (κ2) is 7.85. The molecule has 0 bridgehead atoms. The van der Waals surface area contributed by atoms with Gasteiger partial charge in [0.2, 0.25) is 10.0 Å². The lowest BCUT2D eigenvalue weighted by atomic mass is 10.1. The van der Waals surface area contributed by atoms with Crippen molar-refractivity contribution in [3.63, 3.8) is 0 Å². The molecule has 0 radical (unpaired) electrons. The topological polar surface area (TPSA) is 78.9 Å². The molecule has 1 aliphatic heterocycles. The van der Waals surface area contributed by atoms with E-state index in [-0.39, 0.29) is 17.6 Å². The molecule has 6 nitrogen and oxygen atoms in total. The van der Waals surface area contributed by atoms with Gasteiger partial charge < -0.3 is 14.7 Å². The van der Waals surface area contributed by atoms with Crippen LogP contribution in [0.25, 0.3) is 0 Å². The molecule has 0 unspecified atom stereocenters. The van der Waals surface area contributed by atoms with Gasteiger partial charge in [-0.2, -0.15) is 11.3 Å². The zero-order valence-corrected chi connectivity index (χ0v) is 14.6. The van der Waals surface area contributed by atoms with Crippen LogP contribution in [0.4, 0.5) is 0 Å². The van der Waals surface area contributed by atoms with E-state index in [4.69, 9.17) is 4.74 Å². The van der Waals surface area contributed by atoms with Crippen molar-refractivity contribution in [3.05, 3.63) is 16.8 Å². The van der Waals surface area contributed by atoms with E-state index in [1.54, 1.807) is 16.8 Å². The van der Waals surface area contributed by atoms with Crippen molar-refractivity contribution < 1.29 is 18.3 Å². The number of hydrogen-bond acceptors (Lipinski definition) is 6. The molecule has 0 spiro atoms. The van der Waals surface area contributed by atoms with Crippen LogP contribution in [0.1, 0.15) is 19.8 Å². The van der Waals surface area contributed by atoms with Gasteiger partial charge in [-0.1, -0.05) is 13.3 Å². The molecule has 1 aromatic heterocycles. The summed E-state index contributed by atoms with van der Waals surface area (Å²) < 4.78 is 32.5. The molecule has 1 aromatic rings. The maximum atomic E-state index is 12.2. The van der Waals surface area contributed by atoms with E-state index < -0.39 is 22.2 Å². The molecule has 22 heavy (non-hydrogen) atoms. The Bertz CT molecular complexity index is 547. The van der Waals surface area contributed by atoms with Crippen LogP contribution in [0.3, 0.4) is 0 Å². The number of rotatable bonds is 8. The standard InChI is InChI=1S/C14H24N2O4S2/c1-3-4-6-16(2)8-13-14(17)12(9-20-13)15-22(18,19)11-5-7-21-10-11/h5,7,10,12-15,17H,3-4,6,8-9H2,1-2H3/t12-,13-,14+/m0/s1. The third-order valence-electron chi connectivity index (χ3n) is 3.78. The molecule has 1 saturated heterocycles. The first kappa shape index (κ1) is 17.8. The zero-order chi connectivity index (χ0) is 16.2. The fraction of sp³-hybridized carbons (Fsp3) is 0.714. The lowest BCUT2D eigenvalue weighted by Gasteiger charge is -2.23. The Hall–Kier alpha value is -0.510. The number of unbranched alkanes of at least 4 members (excludes halogenated alkanes) is 1. The summed E-state index contributed by atoms with van der Waals surface area (Å²) in [5.74, 6) is 0. The van der Waals surface area contributed by atoms with Crippen molar-refractivity contribution in [2.45, 2.75) is 42.9 Å². The fourth-order valence-electron chi connectivity index (χ4n) is 2.45. The predicted octanol–water partition coefficient (Wildman–Crippen LogP) is 0.887. The van der Waals surface area contributed by atoms with Crippen LogP contribution in [0.15, 0.2) is 21.7 Å². The Morgan fingerprint density at radius 2 is 2.32 bits per heavy atom. The number of hydrogen-bond donors (Lipinski definition) is 2. The number of aliphatic hydroxyl groups excluding tert-OH is 1. The number of likely N-dealkylation sites (N-methyl/N-ethyl adjacent to an activating group) is 1. The molecule has 0 aliphatic carbocycles. The third kappa shape index (κ3) is 4.50. The Morgan fingerprint density at radius 3 is 2.95 bits per heavy atom. The second-order valence-corrected chi connectivity index (χ2v) is 8.16. The minimum Gasteiger partial charge on any atom is -0.389 e. The summed E-state index contributed by atoms with van der Waals surface area (Å²) >= 11 is 1.32. The van der Waals surface area contributed by atoms with Crippen LogP contribution in [-0.4, -0.2) is 63.4 Å². The summed E-state index contributed by atoms with van der Waals surface area (Å²) in [4.78, 5) is 2.33. The average molecular weight is 348 g/mol. The SMILES string of the molecule is CCCCN(C)C[C@@H]1OC[C@H](NS(=O)(=O)c2ccsc2)[C@H]1O. The van der Waals surface area contributed by atoms with Crippen molar-refractivity contribution in [1.29, 1.82) is 0 Å². The molecule has 0 aromatic carbocycles. The number of nitrogens with zero attached hydrogens (tertiary/aromatic N) is 1. The molecule has 2 N–H and O–H groups in total. The van der Waals surface area contributed by atoms with E-state index >= 15 is 0 Å². The maximum Gasteiger partial charge on any atom is 0.241 e. The second-order valence-electron chi connectivity index (χ2n) is 5.67. The van der Waals surface area contributed by atoms with Gasteiger partial charge in [0, 0.05) is 11.9 Å². The summed E-state index contributed by atoms with van der Waals surface area (Å²) in [5.41, 5.74) is 0. The lowest BCUT2D eigenvalue weighted by molar-refractivity contribution is 0.0203. The molecular weight excluding hydrogens is 324 g/mol. The lowest BCUT2D eigenvalue weighted by Crippen LogP contribution is -2.46. The highest BCUT2D eigenvalue weighted by Crippen LogP contribution is 2.19. The van der Waals surface area contributed by atoms with Crippen molar-refractivity contribution in [1.82, 2.24) is 9.62 Å². The van der Waals surface area contributed by atoms with Gasteiger partial charge in [-0.15, -0.1) is 0 Å². The van der Waals surface area contributed by atoms with Gasteiger partial charge in [-0.05, 0) is 31.5 Å². The number of aliphatic hydroxyl groups is 1. The number of nitrogens with one attached hydrogen (secondary N) is 1. The summed E-state index contributed by atoms with van der Waals surface area (Å²) in [6.45, 7) is 3.85. The third-order valence-corrected chi connectivity index (χ3v) is 6.10. The van der Waals surface area contributed by atoms with E-state index in [2.05, 4.69) is 16.5 Å². The van der Waals surface area contributed by atoms with Crippen molar-refractivity contribution in [2.75, 3.05) is 26.7 Å².